The Morgan fingerprint density at radius 2 is 2.32 bits per heavy atom. The fourth-order valence-electron chi connectivity index (χ4n) is 3.14. The minimum atomic E-state index is -0.0847. The molecule has 1 aliphatic rings. The van der Waals surface area contributed by atoms with Gasteiger partial charge in [0.2, 0.25) is 0 Å². The lowest BCUT2D eigenvalue weighted by atomic mass is 10.1. The highest BCUT2D eigenvalue weighted by molar-refractivity contribution is 5.95. The van der Waals surface area contributed by atoms with E-state index in [1.807, 2.05) is 26.8 Å². The quantitative estimate of drug-likeness (QED) is 0.859. The zero-order valence-corrected chi connectivity index (χ0v) is 13.9. The number of carbonyl (C=O) groups excluding carboxylic acids is 1. The highest BCUT2D eigenvalue weighted by atomic mass is 16.5. The molecule has 0 aromatic carbocycles. The van der Waals surface area contributed by atoms with Crippen molar-refractivity contribution in [2.24, 2.45) is 0 Å². The van der Waals surface area contributed by atoms with Gasteiger partial charge in [-0.2, -0.15) is 5.26 Å². The second-order valence-corrected chi connectivity index (χ2v) is 6.15. The van der Waals surface area contributed by atoms with Crippen LogP contribution in [0.5, 0.6) is 0 Å². The number of hydrogen-bond acceptors (Lipinski definition) is 3. The topological polar surface area (TPSA) is 58.3 Å². The van der Waals surface area contributed by atoms with E-state index in [0.29, 0.717) is 19.1 Å². The van der Waals surface area contributed by atoms with Crippen LogP contribution in [0.15, 0.2) is 6.07 Å². The summed E-state index contributed by atoms with van der Waals surface area (Å²) in [6.45, 7) is 7.48. The van der Waals surface area contributed by atoms with E-state index in [1.54, 1.807) is 11.9 Å². The van der Waals surface area contributed by atoms with E-state index in [4.69, 9.17) is 10.00 Å². The number of aryl methyl sites for hydroxylation is 1. The van der Waals surface area contributed by atoms with Crippen LogP contribution in [0, 0.1) is 25.2 Å². The van der Waals surface area contributed by atoms with Gasteiger partial charge in [0.05, 0.1) is 30.7 Å². The smallest absolute Gasteiger partial charge is 0.255 e. The van der Waals surface area contributed by atoms with Gasteiger partial charge in [-0.25, -0.2) is 0 Å². The van der Waals surface area contributed by atoms with Gasteiger partial charge < -0.3 is 14.2 Å². The average molecular weight is 303 g/mol. The molecule has 1 aromatic heterocycles. The standard InChI is InChI=1S/C17H25N3O2/c1-12(7-8-18)19(4)17(21)16-10-13(2)20(14(16)3)15-6-5-9-22-11-15/h10,12,15H,5-7,9,11H2,1-4H3. The van der Waals surface area contributed by atoms with Gasteiger partial charge in [0.15, 0.2) is 0 Å². The fraction of sp³-hybridized carbons (Fsp3) is 0.647. The Kier molecular flexibility index (Phi) is 5.25. The Bertz CT molecular complexity index is 579. The first-order valence-electron chi connectivity index (χ1n) is 7.87. The SMILES string of the molecule is Cc1cc(C(=O)N(C)C(C)CC#N)c(C)n1C1CCCOC1. The predicted octanol–water partition coefficient (Wildman–Crippen LogP) is 2.83. The molecule has 22 heavy (non-hydrogen) atoms. The molecule has 0 N–H and O–H groups in total. The molecule has 1 saturated heterocycles. The summed E-state index contributed by atoms with van der Waals surface area (Å²) in [5.41, 5.74) is 2.82. The van der Waals surface area contributed by atoms with Crippen molar-refractivity contribution in [1.82, 2.24) is 9.47 Å². The van der Waals surface area contributed by atoms with Gasteiger partial charge in [-0.05, 0) is 39.7 Å². The lowest BCUT2D eigenvalue weighted by Crippen LogP contribution is -2.35. The summed E-state index contributed by atoms with van der Waals surface area (Å²) >= 11 is 0. The average Bonchev–Trinajstić information content (AvgIpc) is 2.81. The van der Waals surface area contributed by atoms with Crippen molar-refractivity contribution >= 4 is 5.91 Å². The minimum absolute atomic E-state index is 0.0150. The summed E-state index contributed by atoms with van der Waals surface area (Å²) in [6, 6.07) is 4.31. The van der Waals surface area contributed by atoms with E-state index >= 15 is 0 Å². The van der Waals surface area contributed by atoms with Crippen LogP contribution in [0.3, 0.4) is 0 Å². The first kappa shape index (κ1) is 16.6. The van der Waals surface area contributed by atoms with E-state index < -0.39 is 0 Å². The summed E-state index contributed by atoms with van der Waals surface area (Å²) in [6.07, 6.45) is 2.49. The Labute approximate surface area is 132 Å². The first-order chi connectivity index (χ1) is 10.5. The number of rotatable bonds is 4. The molecule has 5 heteroatoms. The molecule has 120 valence electrons. The van der Waals surface area contributed by atoms with Gasteiger partial charge in [-0.1, -0.05) is 0 Å². The Morgan fingerprint density at radius 3 is 2.91 bits per heavy atom. The van der Waals surface area contributed by atoms with Crippen molar-refractivity contribution in [3.63, 3.8) is 0 Å². The van der Waals surface area contributed by atoms with Crippen molar-refractivity contribution in [2.45, 2.75) is 52.1 Å². The number of nitriles is 1. The maximum atomic E-state index is 12.7. The van der Waals surface area contributed by atoms with Gasteiger partial charge >= 0.3 is 0 Å². The van der Waals surface area contributed by atoms with Gasteiger partial charge in [0, 0.05) is 31.1 Å². The van der Waals surface area contributed by atoms with Crippen LogP contribution < -0.4 is 0 Å². The highest BCUT2D eigenvalue weighted by Crippen LogP contribution is 2.27. The van der Waals surface area contributed by atoms with Crippen molar-refractivity contribution in [3.05, 3.63) is 23.0 Å². The number of nitrogens with zero attached hydrogens (tertiary/aromatic N) is 3. The van der Waals surface area contributed by atoms with Crippen molar-refractivity contribution in [3.8, 4) is 6.07 Å². The van der Waals surface area contributed by atoms with Crippen LogP contribution in [-0.2, 0) is 4.74 Å². The summed E-state index contributed by atoms with van der Waals surface area (Å²) in [5, 5.41) is 8.80. The maximum Gasteiger partial charge on any atom is 0.255 e. The molecule has 0 saturated carbocycles. The molecule has 1 aliphatic heterocycles. The van der Waals surface area contributed by atoms with E-state index in [1.165, 1.54) is 0 Å². The van der Waals surface area contributed by atoms with E-state index in [2.05, 4.69) is 10.6 Å². The third-order valence-electron chi connectivity index (χ3n) is 4.58. The number of ether oxygens (including phenoxy) is 1. The van der Waals surface area contributed by atoms with Gasteiger partial charge in [-0.15, -0.1) is 0 Å². The molecule has 1 fully saturated rings. The molecule has 2 unspecified atom stereocenters. The largest absolute Gasteiger partial charge is 0.379 e. The molecule has 0 bridgehead atoms. The molecule has 0 radical (unpaired) electrons. The Morgan fingerprint density at radius 1 is 1.59 bits per heavy atom. The second kappa shape index (κ2) is 6.97. The number of aromatic nitrogens is 1. The first-order valence-corrected chi connectivity index (χ1v) is 7.87. The van der Waals surface area contributed by atoms with E-state index in [0.717, 1.165) is 36.4 Å². The zero-order chi connectivity index (χ0) is 16.3. The highest BCUT2D eigenvalue weighted by Gasteiger charge is 2.25. The minimum Gasteiger partial charge on any atom is -0.379 e. The predicted molar refractivity (Wildman–Crippen MR) is 84.8 cm³/mol. The summed E-state index contributed by atoms with van der Waals surface area (Å²) in [4.78, 5) is 14.4. The third-order valence-corrected chi connectivity index (χ3v) is 4.58. The van der Waals surface area contributed by atoms with Gasteiger partial charge in [0.25, 0.3) is 5.91 Å². The van der Waals surface area contributed by atoms with Crippen LogP contribution in [0.2, 0.25) is 0 Å². The van der Waals surface area contributed by atoms with Crippen molar-refractivity contribution in [2.75, 3.05) is 20.3 Å². The summed E-state index contributed by atoms with van der Waals surface area (Å²) < 4.78 is 7.81. The second-order valence-electron chi connectivity index (χ2n) is 6.15. The van der Waals surface area contributed by atoms with Crippen molar-refractivity contribution < 1.29 is 9.53 Å². The number of amides is 1. The van der Waals surface area contributed by atoms with Gasteiger partial charge in [0.1, 0.15) is 0 Å². The molecule has 5 nitrogen and oxygen atoms in total. The molecular formula is C17H25N3O2. The molecule has 1 aromatic rings. The number of carbonyl (C=O) groups is 1. The molecule has 2 rings (SSSR count). The monoisotopic (exact) mass is 303 g/mol. The van der Waals surface area contributed by atoms with E-state index in [-0.39, 0.29) is 11.9 Å². The van der Waals surface area contributed by atoms with Crippen LogP contribution >= 0.6 is 0 Å². The lowest BCUT2D eigenvalue weighted by Gasteiger charge is -2.27. The fourth-order valence-corrected chi connectivity index (χ4v) is 3.14. The van der Waals surface area contributed by atoms with E-state index in [9.17, 15) is 4.79 Å². The molecule has 0 spiro atoms. The van der Waals surface area contributed by atoms with Crippen molar-refractivity contribution in [1.29, 1.82) is 5.26 Å². The molecule has 2 heterocycles. The Balaban J connectivity index is 2.25. The molecule has 2 atom stereocenters. The van der Waals surface area contributed by atoms with Crippen LogP contribution in [0.25, 0.3) is 0 Å². The summed E-state index contributed by atoms with van der Waals surface area (Å²) in [5.74, 6) is -0.0150. The molecule has 0 aliphatic carbocycles. The zero-order valence-electron chi connectivity index (χ0n) is 13.9. The van der Waals surface area contributed by atoms with Crippen LogP contribution in [0.1, 0.15) is 54.0 Å². The number of hydrogen-bond donors (Lipinski definition) is 0. The summed E-state index contributed by atoms with van der Waals surface area (Å²) in [7, 11) is 1.76. The van der Waals surface area contributed by atoms with Gasteiger partial charge in [-0.3, -0.25) is 4.79 Å². The maximum absolute atomic E-state index is 12.7. The Hall–Kier alpha value is -1.80. The molecule has 1 amide bonds. The van der Waals surface area contributed by atoms with Crippen LogP contribution in [-0.4, -0.2) is 41.7 Å². The van der Waals surface area contributed by atoms with Crippen LogP contribution in [0.4, 0.5) is 0 Å². The lowest BCUT2D eigenvalue weighted by molar-refractivity contribution is 0.0578. The molecular weight excluding hydrogens is 278 g/mol. The third kappa shape index (κ3) is 3.17. The normalized spacial score (nSPS) is 19.5.